The molecular formula is C9H18O3. The molecule has 0 bridgehead atoms. The van der Waals surface area contributed by atoms with E-state index >= 15 is 0 Å². The Morgan fingerprint density at radius 2 is 2.00 bits per heavy atom. The van der Waals surface area contributed by atoms with E-state index < -0.39 is 0 Å². The first-order valence-corrected chi connectivity index (χ1v) is 4.54. The first-order valence-electron chi connectivity index (χ1n) is 4.54. The zero-order valence-electron chi connectivity index (χ0n) is 8.13. The third-order valence-electron chi connectivity index (χ3n) is 1.44. The average Bonchev–Trinajstić information content (AvgIpc) is 2.06. The number of ether oxygens (including phenoxy) is 2. The lowest BCUT2D eigenvalue weighted by Crippen LogP contribution is -2.26. The minimum atomic E-state index is -0.370. The second kappa shape index (κ2) is 7.10. The molecule has 3 heteroatoms. The van der Waals surface area contributed by atoms with E-state index in [1.54, 1.807) is 6.92 Å². The molecule has 0 aliphatic heterocycles. The largest absolute Gasteiger partial charge is 0.464 e. The molecular weight excluding hydrogens is 156 g/mol. The van der Waals surface area contributed by atoms with E-state index in [0.29, 0.717) is 19.6 Å². The van der Waals surface area contributed by atoms with E-state index in [9.17, 15) is 4.79 Å². The van der Waals surface area contributed by atoms with Gasteiger partial charge in [-0.3, -0.25) is 0 Å². The molecule has 0 heterocycles. The van der Waals surface area contributed by atoms with Crippen LogP contribution in [-0.2, 0) is 14.3 Å². The van der Waals surface area contributed by atoms with Gasteiger partial charge in [0.25, 0.3) is 0 Å². The third kappa shape index (κ3) is 4.34. The number of rotatable bonds is 6. The van der Waals surface area contributed by atoms with E-state index in [-0.39, 0.29) is 12.1 Å². The van der Waals surface area contributed by atoms with Gasteiger partial charge in [0, 0.05) is 6.61 Å². The molecule has 0 amide bonds. The highest BCUT2D eigenvalue weighted by Gasteiger charge is 2.17. The van der Waals surface area contributed by atoms with Crippen molar-refractivity contribution in [2.24, 2.45) is 0 Å². The van der Waals surface area contributed by atoms with Crippen molar-refractivity contribution in [2.75, 3.05) is 13.2 Å². The molecule has 1 atom stereocenters. The van der Waals surface area contributed by atoms with Crippen LogP contribution >= 0.6 is 0 Å². The molecule has 0 saturated carbocycles. The number of esters is 1. The van der Waals surface area contributed by atoms with Crippen LogP contribution in [0, 0.1) is 0 Å². The normalized spacial score (nSPS) is 12.6. The molecule has 0 aliphatic carbocycles. The number of hydrogen-bond acceptors (Lipinski definition) is 3. The summed E-state index contributed by atoms with van der Waals surface area (Å²) >= 11 is 0. The van der Waals surface area contributed by atoms with Crippen molar-refractivity contribution in [3.63, 3.8) is 0 Å². The topological polar surface area (TPSA) is 35.5 Å². The van der Waals surface area contributed by atoms with Gasteiger partial charge in [0.05, 0.1) is 6.61 Å². The van der Waals surface area contributed by atoms with E-state index in [1.807, 2.05) is 13.8 Å². The smallest absolute Gasteiger partial charge is 0.335 e. The van der Waals surface area contributed by atoms with Crippen LogP contribution in [0.25, 0.3) is 0 Å². The van der Waals surface area contributed by atoms with Crippen LogP contribution in [0.15, 0.2) is 0 Å². The van der Waals surface area contributed by atoms with Gasteiger partial charge in [-0.25, -0.2) is 4.79 Å². The number of carbonyl (C=O) groups is 1. The first kappa shape index (κ1) is 11.4. The summed E-state index contributed by atoms with van der Waals surface area (Å²) in [5, 5.41) is 0. The van der Waals surface area contributed by atoms with Crippen molar-refractivity contribution < 1.29 is 14.3 Å². The fraction of sp³-hybridized carbons (Fsp3) is 0.889. The molecule has 0 aromatic heterocycles. The molecule has 0 fully saturated rings. The highest BCUT2D eigenvalue weighted by atomic mass is 16.6. The molecule has 72 valence electrons. The average molecular weight is 174 g/mol. The van der Waals surface area contributed by atoms with Crippen LogP contribution < -0.4 is 0 Å². The Balaban J connectivity index is 3.71. The zero-order valence-corrected chi connectivity index (χ0v) is 8.13. The first-order chi connectivity index (χ1) is 5.76. The van der Waals surface area contributed by atoms with E-state index in [1.165, 1.54) is 0 Å². The molecule has 3 nitrogen and oxygen atoms in total. The second-order valence-electron chi connectivity index (χ2n) is 2.52. The van der Waals surface area contributed by atoms with Gasteiger partial charge in [-0.1, -0.05) is 13.8 Å². The van der Waals surface area contributed by atoms with Gasteiger partial charge in [-0.2, -0.15) is 0 Å². The predicted molar refractivity (Wildman–Crippen MR) is 47.0 cm³/mol. The lowest BCUT2D eigenvalue weighted by Gasteiger charge is -2.13. The van der Waals surface area contributed by atoms with E-state index in [2.05, 4.69) is 0 Å². The van der Waals surface area contributed by atoms with Gasteiger partial charge in [-0.05, 0) is 19.8 Å². The highest BCUT2D eigenvalue weighted by Crippen LogP contribution is 2.01. The van der Waals surface area contributed by atoms with Crippen molar-refractivity contribution in [3.8, 4) is 0 Å². The molecule has 0 rings (SSSR count). The fourth-order valence-corrected chi connectivity index (χ4v) is 0.848. The molecule has 0 aliphatic rings. The van der Waals surface area contributed by atoms with E-state index in [4.69, 9.17) is 9.47 Å². The lowest BCUT2D eigenvalue weighted by atomic mass is 10.3. The van der Waals surface area contributed by atoms with Crippen LogP contribution in [0.2, 0.25) is 0 Å². The van der Waals surface area contributed by atoms with Crippen LogP contribution in [0.5, 0.6) is 0 Å². The Morgan fingerprint density at radius 3 is 2.42 bits per heavy atom. The van der Waals surface area contributed by atoms with Gasteiger partial charge < -0.3 is 9.47 Å². The third-order valence-corrected chi connectivity index (χ3v) is 1.44. The maximum absolute atomic E-state index is 11.1. The molecule has 0 spiro atoms. The summed E-state index contributed by atoms with van der Waals surface area (Å²) in [6.45, 7) is 6.77. The van der Waals surface area contributed by atoms with Crippen LogP contribution in [0.1, 0.15) is 33.6 Å². The quantitative estimate of drug-likeness (QED) is 0.575. The van der Waals surface area contributed by atoms with Gasteiger partial charge in [0.1, 0.15) is 0 Å². The highest BCUT2D eigenvalue weighted by molar-refractivity contribution is 5.74. The Kier molecular flexibility index (Phi) is 6.76. The Morgan fingerprint density at radius 1 is 1.33 bits per heavy atom. The predicted octanol–water partition coefficient (Wildman–Crippen LogP) is 1.75. The Hall–Kier alpha value is -0.570. The molecule has 0 N–H and O–H groups in total. The van der Waals surface area contributed by atoms with Crippen molar-refractivity contribution in [1.82, 2.24) is 0 Å². The Bertz CT molecular complexity index is 123. The summed E-state index contributed by atoms with van der Waals surface area (Å²) in [5.74, 6) is -0.242. The fourth-order valence-electron chi connectivity index (χ4n) is 0.848. The standard InChI is InChI=1S/C9H18O3/c1-4-7-12-8(5-2)9(10)11-6-3/h8H,4-7H2,1-3H3. The lowest BCUT2D eigenvalue weighted by molar-refractivity contribution is -0.156. The molecule has 0 radical (unpaired) electrons. The van der Waals surface area contributed by atoms with Crippen molar-refractivity contribution in [3.05, 3.63) is 0 Å². The molecule has 12 heavy (non-hydrogen) atoms. The summed E-state index contributed by atoms with van der Waals surface area (Å²) < 4.78 is 10.1. The van der Waals surface area contributed by atoms with Crippen molar-refractivity contribution in [2.45, 2.75) is 39.7 Å². The maximum Gasteiger partial charge on any atom is 0.335 e. The maximum atomic E-state index is 11.1. The Labute approximate surface area is 74.0 Å². The summed E-state index contributed by atoms with van der Waals surface area (Å²) in [5.41, 5.74) is 0. The summed E-state index contributed by atoms with van der Waals surface area (Å²) in [6.07, 6.45) is 1.24. The number of carbonyl (C=O) groups excluding carboxylic acids is 1. The van der Waals surface area contributed by atoms with Crippen molar-refractivity contribution >= 4 is 5.97 Å². The van der Waals surface area contributed by atoms with Crippen LogP contribution in [-0.4, -0.2) is 25.3 Å². The summed E-state index contributed by atoms with van der Waals surface area (Å²) in [6, 6.07) is 0. The molecule has 0 aromatic rings. The van der Waals surface area contributed by atoms with Gasteiger partial charge in [0.2, 0.25) is 0 Å². The minimum absolute atomic E-state index is 0.242. The zero-order chi connectivity index (χ0) is 9.40. The van der Waals surface area contributed by atoms with E-state index in [0.717, 1.165) is 6.42 Å². The second-order valence-corrected chi connectivity index (χ2v) is 2.52. The van der Waals surface area contributed by atoms with Crippen molar-refractivity contribution in [1.29, 1.82) is 0 Å². The minimum Gasteiger partial charge on any atom is -0.464 e. The molecule has 1 unspecified atom stereocenters. The number of hydrogen-bond donors (Lipinski definition) is 0. The van der Waals surface area contributed by atoms with Crippen LogP contribution in [0.3, 0.4) is 0 Å². The summed E-state index contributed by atoms with van der Waals surface area (Å²) in [7, 11) is 0. The molecule has 0 saturated heterocycles. The van der Waals surface area contributed by atoms with Gasteiger partial charge in [-0.15, -0.1) is 0 Å². The SMILES string of the molecule is CCCOC(CC)C(=O)OCC. The van der Waals surface area contributed by atoms with Gasteiger partial charge >= 0.3 is 5.97 Å². The van der Waals surface area contributed by atoms with Crippen LogP contribution in [0.4, 0.5) is 0 Å². The molecule has 0 aromatic carbocycles. The van der Waals surface area contributed by atoms with Gasteiger partial charge in [0.15, 0.2) is 6.10 Å². The monoisotopic (exact) mass is 174 g/mol. The summed E-state index contributed by atoms with van der Waals surface area (Å²) in [4.78, 5) is 11.1.